The summed E-state index contributed by atoms with van der Waals surface area (Å²) in [6.45, 7) is 2.82. The Morgan fingerprint density at radius 3 is 2.61 bits per heavy atom. The van der Waals surface area contributed by atoms with Gasteiger partial charge in [0.15, 0.2) is 0 Å². The summed E-state index contributed by atoms with van der Waals surface area (Å²) in [4.78, 5) is 14.2. The normalized spacial score (nSPS) is 21.0. The lowest BCUT2D eigenvalue weighted by molar-refractivity contribution is -0.125. The number of hydrogen-bond donors (Lipinski definition) is 2. The fourth-order valence-corrected chi connectivity index (χ4v) is 7.18. The number of methoxy groups -OCH3 is 1. The van der Waals surface area contributed by atoms with Gasteiger partial charge in [0.1, 0.15) is 11.6 Å². The van der Waals surface area contributed by atoms with Crippen molar-refractivity contribution in [3.63, 3.8) is 0 Å². The van der Waals surface area contributed by atoms with E-state index >= 15 is 0 Å². The second-order valence-corrected chi connectivity index (χ2v) is 11.9. The average molecular weight is 534 g/mol. The third kappa shape index (κ3) is 5.88. The summed E-state index contributed by atoms with van der Waals surface area (Å²) in [7, 11) is -2.18. The molecular weight excluding hydrogens is 501 g/mol. The zero-order chi connectivity index (χ0) is 25.8. The van der Waals surface area contributed by atoms with Gasteiger partial charge in [-0.1, -0.05) is 30.4 Å². The van der Waals surface area contributed by atoms with Gasteiger partial charge < -0.3 is 10.1 Å². The molecule has 2 aliphatic rings. The number of rotatable bonds is 9. The number of allylic oxidation sites excluding steroid dienone is 3. The molecule has 10 heteroatoms. The zero-order valence-electron chi connectivity index (χ0n) is 20.4. The van der Waals surface area contributed by atoms with Crippen LogP contribution in [0.4, 0.5) is 4.39 Å². The molecule has 1 fully saturated rings. The summed E-state index contributed by atoms with van der Waals surface area (Å²) in [5, 5.41) is 5.13. The second kappa shape index (κ2) is 11.2. The van der Waals surface area contributed by atoms with Crippen molar-refractivity contribution in [2.75, 3.05) is 26.7 Å². The maximum absolute atomic E-state index is 13.2. The maximum Gasteiger partial charge on any atom is 0.279 e. The number of halogens is 1. The van der Waals surface area contributed by atoms with Crippen LogP contribution in [0.25, 0.3) is 0 Å². The van der Waals surface area contributed by atoms with Crippen LogP contribution in [0.3, 0.4) is 0 Å². The van der Waals surface area contributed by atoms with E-state index in [0.29, 0.717) is 50.2 Å². The van der Waals surface area contributed by atoms with Crippen molar-refractivity contribution in [2.24, 2.45) is 5.92 Å². The number of piperidine rings is 1. The highest BCUT2D eigenvalue weighted by atomic mass is 32.2. The smallest absolute Gasteiger partial charge is 0.279 e. The molecule has 0 spiro atoms. The molecule has 1 amide bonds. The number of hydrogen-bond acceptors (Lipinski definition) is 5. The Morgan fingerprint density at radius 2 is 1.97 bits per heavy atom. The molecule has 7 nitrogen and oxygen atoms in total. The van der Waals surface area contributed by atoms with Crippen molar-refractivity contribution in [2.45, 2.75) is 37.6 Å². The van der Waals surface area contributed by atoms with Crippen molar-refractivity contribution in [1.82, 2.24) is 14.3 Å². The molecule has 2 unspecified atom stereocenters. The van der Waals surface area contributed by atoms with Crippen LogP contribution in [0.5, 0.6) is 0 Å². The lowest BCUT2D eigenvalue weighted by Gasteiger charge is -2.41. The van der Waals surface area contributed by atoms with Crippen LogP contribution in [0.15, 0.2) is 65.8 Å². The number of carbonyl (C=O) groups is 1. The van der Waals surface area contributed by atoms with Gasteiger partial charge in [-0.05, 0) is 61.4 Å². The molecule has 1 aliphatic heterocycles. The molecular formula is C26H32FN3O4S2. The summed E-state index contributed by atoms with van der Waals surface area (Å²) in [5.74, 6) is -0.176. The Labute approximate surface area is 216 Å². The molecule has 2 aromatic rings. The summed E-state index contributed by atoms with van der Waals surface area (Å²) < 4.78 is 49.0. The quantitative estimate of drug-likeness (QED) is 0.509. The highest BCUT2D eigenvalue weighted by Gasteiger charge is 2.41. The molecule has 0 saturated carbocycles. The highest BCUT2D eigenvalue weighted by Crippen LogP contribution is 2.38. The van der Waals surface area contributed by atoms with Gasteiger partial charge in [-0.25, -0.2) is 4.39 Å². The fraction of sp³-hybridized carbons (Fsp3) is 0.423. The van der Waals surface area contributed by atoms with Crippen LogP contribution in [0.1, 0.15) is 42.7 Å². The number of nitrogens with zero attached hydrogens (tertiary/aromatic N) is 1. The Kier molecular flexibility index (Phi) is 8.29. The van der Waals surface area contributed by atoms with Crippen LogP contribution in [-0.2, 0) is 25.2 Å². The minimum atomic E-state index is -3.74. The summed E-state index contributed by atoms with van der Waals surface area (Å²) in [6, 6.07) is 9.34. The summed E-state index contributed by atoms with van der Waals surface area (Å²) >= 11 is 1.63. The van der Waals surface area contributed by atoms with E-state index < -0.39 is 16.3 Å². The number of benzene rings is 1. The van der Waals surface area contributed by atoms with Crippen LogP contribution < -0.4 is 10.0 Å². The van der Waals surface area contributed by atoms with Gasteiger partial charge in [0, 0.05) is 36.0 Å². The lowest BCUT2D eigenvalue weighted by atomic mass is 9.77. The number of nitrogens with one attached hydrogen (secondary N) is 2. The Bertz CT molecular complexity index is 1200. The minimum Gasteiger partial charge on any atom is -0.500 e. The molecule has 1 aromatic heterocycles. The molecule has 36 heavy (non-hydrogen) atoms. The van der Waals surface area contributed by atoms with Gasteiger partial charge in [-0.3, -0.25) is 4.79 Å². The predicted molar refractivity (Wildman–Crippen MR) is 139 cm³/mol. The third-order valence-corrected chi connectivity index (χ3v) is 9.84. The largest absolute Gasteiger partial charge is 0.500 e. The summed E-state index contributed by atoms with van der Waals surface area (Å²) in [6.07, 6.45) is 7.39. The molecule has 2 N–H and O–H groups in total. The Hall–Kier alpha value is -2.53. The Morgan fingerprint density at radius 1 is 1.25 bits per heavy atom. The summed E-state index contributed by atoms with van der Waals surface area (Å²) in [5.41, 5.74) is 0.342. The molecule has 194 valence electrons. The topological polar surface area (TPSA) is 87.7 Å². The van der Waals surface area contributed by atoms with Gasteiger partial charge in [0.05, 0.1) is 13.0 Å². The van der Waals surface area contributed by atoms with E-state index in [1.807, 2.05) is 29.7 Å². The van der Waals surface area contributed by atoms with Crippen molar-refractivity contribution in [3.8, 4) is 0 Å². The van der Waals surface area contributed by atoms with Crippen molar-refractivity contribution < 1.29 is 22.3 Å². The van der Waals surface area contributed by atoms with E-state index in [4.69, 9.17) is 4.74 Å². The third-order valence-electron chi connectivity index (χ3n) is 7.02. The molecule has 2 heterocycles. The first kappa shape index (κ1) is 26.5. The first-order valence-electron chi connectivity index (χ1n) is 12.0. The van der Waals surface area contributed by atoms with Gasteiger partial charge in [0.2, 0.25) is 5.91 Å². The minimum absolute atomic E-state index is 0.0896. The highest BCUT2D eigenvalue weighted by molar-refractivity contribution is 7.87. The predicted octanol–water partition coefficient (Wildman–Crippen LogP) is 4.04. The standard InChI is InChI=1S/C26H32FN3O4S2/c1-19(20-9-11-21(27)12-10-20)29-36(32,33)30-15-13-26(14-16-30,24-8-5-17-35-24)18-28-25(31)22-6-3-4-7-23(22)34-2/h3-5,7-12,17,19,22,29H,6,13-16,18H2,1-2H3,(H,28,31). The van der Waals surface area contributed by atoms with Crippen LogP contribution >= 0.6 is 11.3 Å². The first-order chi connectivity index (χ1) is 17.2. The van der Waals surface area contributed by atoms with Crippen molar-refractivity contribution in [3.05, 3.63) is 82.0 Å². The van der Waals surface area contributed by atoms with Crippen molar-refractivity contribution >= 4 is 27.5 Å². The number of ether oxygens (including phenoxy) is 1. The molecule has 0 bridgehead atoms. The molecule has 1 saturated heterocycles. The first-order valence-corrected chi connectivity index (χ1v) is 14.3. The zero-order valence-corrected chi connectivity index (χ0v) is 22.1. The SMILES string of the molecule is COC1=CC=CCC1C(=O)NCC1(c2cccs2)CCN(S(=O)(=O)NC(C)c2ccc(F)cc2)CC1. The molecule has 4 rings (SSSR count). The van der Waals surface area contributed by atoms with E-state index in [9.17, 15) is 17.6 Å². The van der Waals surface area contributed by atoms with E-state index in [1.165, 1.54) is 16.4 Å². The van der Waals surface area contributed by atoms with Gasteiger partial charge in [-0.2, -0.15) is 17.4 Å². The molecule has 2 atom stereocenters. The van der Waals surface area contributed by atoms with E-state index in [-0.39, 0.29) is 23.1 Å². The fourth-order valence-electron chi connectivity index (χ4n) is 4.80. The lowest BCUT2D eigenvalue weighted by Crippen LogP contribution is -2.53. The van der Waals surface area contributed by atoms with Crippen LogP contribution in [0, 0.1) is 11.7 Å². The van der Waals surface area contributed by atoms with E-state index in [1.54, 1.807) is 37.5 Å². The molecule has 0 radical (unpaired) electrons. The van der Waals surface area contributed by atoms with Gasteiger partial charge in [-0.15, -0.1) is 11.3 Å². The van der Waals surface area contributed by atoms with E-state index in [2.05, 4.69) is 16.1 Å². The number of carbonyl (C=O) groups excluding carboxylic acids is 1. The molecule has 1 aliphatic carbocycles. The van der Waals surface area contributed by atoms with Crippen LogP contribution in [-0.4, -0.2) is 45.4 Å². The maximum atomic E-state index is 13.2. The van der Waals surface area contributed by atoms with Crippen LogP contribution in [0.2, 0.25) is 0 Å². The monoisotopic (exact) mass is 533 g/mol. The van der Waals surface area contributed by atoms with Crippen molar-refractivity contribution in [1.29, 1.82) is 0 Å². The second-order valence-electron chi connectivity index (χ2n) is 9.26. The van der Waals surface area contributed by atoms with Gasteiger partial charge in [0.25, 0.3) is 10.2 Å². The van der Waals surface area contributed by atoms with Gasteiger partial charge >= 0.3 is 0 Å². The average Bonchev–Trinajstić information content (AvgIpc) is 3.43. The Balaban J connectivity index is 1.42. The van der Waals surface area contributed by atoms with E-state index in [0.717, 1.165) is 4.88 Å². The molecule has 1 aromatic carbocycles. The number of amides is 1. The number of thiophene rings is 1.